The zero-order valence-corrected chi connectivity index (χ0v) is 13.2. The smallest absolute Gasteiger partial charge is 0.0463 e. The van der Waals surface area contributed by atoms with Gasteiger partial charge in [-0.05, 0) is 47.9 Å². The third kappa shape index (κ3) is 3.08. The first kappa shape index (κ1) is 14.3. The summed E-state index contributed by atoms with van der Waals surface area (Å²) in [6.45, 7) is 0. The first-order valence-corrected chi connectivity index (χ1v) is 8.05. The van der Waals surface area contributed by atoms with E-state index in [4.69, 9.17) is 0 Å². The highest BCUT2D eigenvalue weighted by Gasteiger charge is 2.03. The molecule has 4 rings (SSSR count). The van der Waals surface area contributed by atoms with Gasteiger partial charge >= 0.3 is 0 Å². The number of hydrogen-bond acceptors (Lipinski definition) is 2. The second-order valence-electron chi connectivity index (χ2n) is 5.72. The quantitative estimate of drug-likeness (QED) is 0.460. The number of para-hydroxylation sites is 2. The summed E-state index contributed by atoms with van der Waals surface area (Å²) >= 11 is 0. The van der Waals surface area contributed by atoms with E-state index >= 15 is 0 Å². The van der Waals surface area contributed by atoms with E-state index in [1.165, 1.54) is 10.8 Å². The third-order valence-corrected chi connectivity index (χ3v) is 4.00. The molecule has 0 heterocycles. The number of hydrogen-bond donors (Lipinski definition) is 2. The largest absolute Gasteiger partial charge is 0.356 e. The minimum absolute atomic E-state index is 1.09. The minimum atomic E-state index is 1.09. The van der Waals surface area contributed by atoms with Crippen LogP contribution in [0.15, 0.2) is 97.1 Å². The Morgan fingerprint density at radius 1 is 0.458 bits per heavy atom. The highest BCUT2D eigenvalue weighted by Crippen LogP contribution is 2.29. The Morgan fingerprint density at radius 3 is 1.83 bits per heavy atom. The Kier molecular flexibility index (Phi) is 3.86. The second kappa shape index (κ2) is 6.47. The summed E-state index contributed by atoms with van der Waals surface area (Å²) in [6, 6.07) is 33.3. The van der Waals surface area contributed by atoms with E-state index in [1.807, 2.05) is 36.4 Å². The molecule has 4 aromatic rings. The van der Waals surface area contributed by atoms with Crippen molar-refractivity contribution in [2.45, 2.75) is 0 Å². The molecule has 0 bridgehead atoms. The summed E-state index contributed by atoms with van der Waals surface area (Å²) in [4.78, 5) is 0. The van der Waals surface area contributed by atoms with Crippen LogP contribution in [0.4, 0.5) is 22.7 Å². The SMILES string of the molecule is c1ccc(Nc2ccc3c(Nc4ccccc4)cccc3c2)cc1. The van der Waals surface area contributed by atoms with Crippen LogP contribution < -0.4 is 10.6 Å². The second-order valence-corrected chi connectivity index (χ2v) is 5.72. The molecular formula is C22H18N2. The Bertz CT molecular complexity index is 947. The van der Waals surface area contributed by atoms with Gasteiger partial charge in [-0.1, -0.05) is 54.6 Å². The van der Waals surface area contributed by atoms with Crippen molar-refractivity contribution in [1.82, 2.24) is 0 Å². The molecule has 2 N–H and O–H groups in total. The lowest BCUT2D eigenvalue weighted by Gasteiger charge is -2.12. The van der Waals surface area contributed by atoms with Crippen LogP contribution in [0.25, 0.3) is 10.8 Å². The van der Waals surface area contributed by atoms with Gasteiger partial charge in [0.2, 0.25) is 0 Å². The number of anilines is 4. The van der Waals surface area contributed by atoms with Gasteiger partial charge in [0.1, 0.15) is 0 Å². The fraction of sp³-hybridized carbons (Fsp3) is 0. The molecule has 0 aromatic heterocycles. The van der Waals surface area contributed by atoms with Gasteiger partial charge in [-0.15, -0.1) is 0 Å². The molecule has 116 valence electrons. The summed E-state index contributed by atoms with van der Waals surface area (Å²) in [5.74, 6) is 0. The molecule has 0 aliphatic carbocycles. The van der Waals surface area contributed by atoms with Crippen LogP contribution in [0.1, 0.15) is 0 Å². The van der Waals surface area contributed by atoms with Crippen molar-refractivity contribution in [3.05, 3.63) is 97.1 Å². The fourth-order valence-corrected chi connectivity index (χ4v) is 2.84. The Hall–Kier alpha value is -3.26. The van der Waals surface area contributed by atoms with Crippen LogP contribution in [0, 0.1) is 0 Å². The highest BCUT2D eigenvalue weighted by molar-refractivity contribution is 5.97. The summed E-state index contributed by atoms with van der Waals surface area (Å²) in [5.41, 5.74) is 4.39. The Morgan fingerprint density at radius 2 is 1.12 bits per heavy atom. The molecule has 0 unspecified atom stereocenters. The lowest BCUT2D eigenvalue weighted by atomic mass is 10.1. The molecule has 0 saturated carbocycles. The van der Waals surface area contributed by atoms with Crippen LogP contribution in [-0.4, -0.2) is 0 Å². The van der Waals surface area contributed by atoms with Gasteiger partial charge < -0.3 is 10.6 Å². The molecule has 0 spiro atoms. The van der Waals surface area contributed by atoms with Crippen molar-refractivity contribution in [2.75, 3.05) is 10.6 Å². The first-order chi connectivity index (χ1) is 11.9. The molecule has 0 radical (unpaired) electrons. The van der Waals surface area contributed by atoms with Gasteiger partial charge in [0.25, 0.3) is 0 Å². The summed E-state index contributed by atoms with van der Waals surface area (Å²) < 4.78 is 0. The summed E-state index contributed by atoms with van der Waals surface area (Å²) in [5, 5.41) is 9.35. The van der Waals surface area contributed by atoms with Crippen LogP contribution in [0.3, 0.4) is 0 Å². The maximum absolute atomic E-state index is 3.50. The van der Waals surface area contributed by atoms with Crippen molar-refractivity contribution in [3.8, 4) is 0 Å². The zero-order valence-electron chi connectivity index (χ0n) is 13.2. The number of rotatable bonds is 4. The molecule has 0 fully saturated rings. The predicted octanol–water partition coefficient (Wildman–Crippen LogP) is 6.33. The highest BCUT2D eigenvalue weighted by atomic mass is 14.9. The van der Waals surface area contributed by atoms with Crippen LogP contribution in [0.2, 0.25) is 0 Å². The normalized spacial score (nSPS) is 10.5. The van der Waals surface area contributed by atoms with E-state index in [1.54, 1.807) is 0 Å². The number of benzene rings is 4. The van der Waals surface area contributed by atoms with E-state index in [-0.39, 0.29) is 0 Å². The molecule has 2 nitrogen and oxygen atoms in total. The van der Waals surface area contributed by atoms with E-state index in [2.05, 4.69) is 71.3 Å². The van der Waals surface area contributed by atoms with Gasteiger partial charge in [0.15, 0.2) is 0 Å². The van der Waals surface area contributed by atoms with Crippen molar-refractivity contribution >= 4 is 33.5 Å². The average Bonchev–Trinajstić information content (AvgIpc) is 2.63. The van der Waals surface area contributed by atoms with Gasteiger partial charge in [-0.25, -0.2) is 0 Å². The average molecular weight is 310 g/mol. The van der Waals surface area contributed by atoms with E-state index < -0.39 is 0 Å². The van der Waals surface area contributed by atoms with Gasteiger partial charge in [-0.3, -0.25) is 0 Å². The predicted molar refractivity (Wildman–Crippen MR) is 103 cm³/mol. The number of nitrogens with one attached hydrogen (secondary N) is 2. The third-order valence-electron chi connectivity index (χ3n) is 4.00. The monoisotopic (exact) mass is 310 g/mol. The van der Waals surface area contributed by atoms with Gasteiger partial charge in [0.05, 0.1) is 0 Å². The lowest BCUT2D eigenvalue weighted by Crippen LogP contribution is -1.93. The Balaban J connectivity index is 1.66. The van der Waals surface area contributed by atoms with Crippen molar-refractivity contribution in [1.29, 1.82) is 0 Å². The first-order valence-electron chi connectivity index (χ1n) is 8.05. The molecular weight excluding hydrogens is 292 g/mol. The van der Waals surface area contributed by atoms with E-state index in [9.17, 15) is 0 Å². The van der Waals surface area contributed by atoms with Crippen LogP contribution in [-0.2, 0) is 0 Å². The van der Waals surface area contributed by atoms with E-state index in [0.29, 0.717) is 0 Å². The molecule has 0 aliphatic rings. The minimum Gasteiger partial charge on any atom is -0.356 e. The maximum atomic E-state index is 3.50. The van der Waals surface area contributed by atoms with Gasteiger partial charge in [0, 0.05) is 28.1 Å². The molecule has 0 atom stereocenters. The van der Waals surface area contributed by atoms with Crippen LogP contribution in [0.5, 0.6) is 0 Å². The molecule has 0 saturated heterocycles. The Labute approximate surface area is 141 Å². The fourth-order valence-electron chi connectivity index (χ4n) is 2.84. The molecule has 4 aromatic carbocycles. The summed E-state index contributed by atoms with van der Waals surface area (Å²) in [6.07, 6.45) is 0. The standard InChI is InChI=1S/C22H18N2/c1-3-9-18(10-4-1)23-20-14-15-21-17(16-20)8-7-13-22(21)24-19-11-5-2-6-12-19/h1-16,23-24H. The lowest BCUT2D eigenvalue weighted by molar-refractivity contribution is 1.55. The zero-order chi connectivity index (χ0) is 16.2. The number of fused-ring (bicyclic) bond motifs is 1. The van der Waals surface area contributed by atoms with Crippen molar-refractivity contribution in [3.63, 3.8) is 0 Å². The molecule has 0 aliphatic heterocycles. The van der Waals surface area contributed by atoms with E-state index in [0.717, 1.165) is 22.7 Å². The molecule has 2 heteroatoms. The summed E-state index contributed by atoms with van der Waals surface area (Å²) in [7, 11) is 0. The van der Waals surface area contributed by atoms with Crippen molar-refractivity contribution in [2.24, 2.45) is 0 Å². The maximum Gasteiger partial charge on any atom is 0.0463 e. The van der Waals surface area contributed by atoms with Crippen molar-refractivity contribution < 1.29 is 0 Å². The van der Waals surface area contributed by atoms with Crippen LogP contribution >= 0.6 is 0 Å². The van der Waals surface area contributed by atoms with Gasteiger partial charge in [-0.2, -0.15) is 0 Å². The molecule has 24 heavy (non-hydrogen) atoms. The topological polar surface area (TPSA) is 24.1 Å². The molecule has 0 amide bonds.